The summed E-state index contributed by atoms with van der Waals surface area (Å²) in [6, 6.07) is 2.89. The van der Waals surface area contributed by atoms with Crippen LogP contribution in [0, 0.1) is 5.92 Å². The van der Waals surface area contributed by atoms with Crippen molar-refractivity contribution in [2.75, 3.05) is 13.1 Å². The molecule has 0 radical (unpaired) electrons. The van der Waals surface area contributed by atoms with Crippen LogP contribution in [0.15, 0.2) is 12.3 Å². The summed E-state index contributed by atoms with van der Waals surface area (Å²) in [7, 11) is 0. The maximum Gasteiger partial charge on any atom is 0.0627 e. The number of aromatic nitrogens is 2. The van der Waals surface area contributed by atoms with Crippen molar-refractivity contribution in [2.45, 2.75) is 64.8 Å². The molecule has 19 heavy (non-hydrogen) atoms. The molecule has 0 aliphatic heterocycles. The monoisotopic (exact) mass is 263 g/mol. The summed E-state index contributed by atoms with van der Waals surface area (Å²) in [5.41, 5.74) is 1.27. The lowest BCUT2D eigenvalue weighted by Gasteiger charge is -2.11. The molecule has 1 atom stereocenters. The molecular formula is C16H29N3. The summed E-state index contributed by atoms with van der Waals surface area (Å²) in [5, 5.41) is 8.25. The van der Waals surface area contributed by atoms with E-state index in [0.29, 0.717) is 6.04 Å². The molecule has 0 saturated heterocycles. The Balaban J connectivity index is 1.72. The van der Waals surface area contributed by atoms with Gasteiger partial charge in [0.05, 0.1) is 11.7 Å². The Morgan fingerprint density at radius 3 is 2.89 bits per heavy atom. The fourth-order valence-corrected chi connectivity index (χ4v) is 2.97. The molecule has 108 valence electrons. The first-order valence-electron chi connectivity index (χ1n) is 8.04. The molecule has 0 bridgehead atoms. The third-order valence-electron chi connectivity index (χ3n) is 4.16. The molecule has 1 aromatic heterocycles. The third kappa shape index (κ3) is 4.64. The van der Waals surface area contributed by atoms with Gasteiger partial charge in [-0.3, -0.25) is 4.68 Å². The first-order valence-corrected chi connectivity index (χ1v) is 8.04. The molecular weight excluding hydrogens is 234 g/mol. The highest BCUT2D eigenvalue weighted by molar-refractivity contribution is 5.01. The van der Waals surface area contributed by atoms with Crippen LogP contribution in [0.4, 0.5) is 0 Å². The molecule has 0 amide bonds. The van der Waals surface area contributed by atoms with Gasteiger partial charge in [0.2, 0.25) is 0 Å². The van der Waals surface area contributed by atoms with Crippen molar-refractivity contribution < 1.29 is 0 Å². The first-order chi connectivity index (χ1) is 9.29. The molecule has 1 aromatic rings. The highest BCUT2D eigenvalue weighted by Gasteiger charge is 2.17. The van der Waals surface area contributed by atoms with Gasteiger partial charge in [-0.1, -0.05) is 26.7 Å². The van der Waals surface area contributed by atoms with E-state index in [-0.39, 0.29) is 0 Å². The fourth-order valence-electron chi connectivity index (χ4n) is 2.97. The Bertz CT molecular complexity index is 353. The number of nitrogens with one attached hydrogen (secondary N) is 1. The number of nitrogens with zero attached hydrogens (tertiary/aromatic N) is 2. The maximum atomic E-state index is 4.77. The molecule has 3 heteroatoms. The van der Waals surface area contributed by atoms with E-state index in [0.717, 1.165) is 25.4 Å². The van der Waals surface area contributed by atoms with Crippen LogP contribution in [0.2, 0.25) is 0 Å². The minimum absolute atomic E-state index is 0.676. The van der Waals surface area contributed by atoms with Crippen molar-refractivity contribution in [3.05, 3.63) is 18.0 Å². The van der Waals surface area contributed by atoms with Gasteiger partial charge in [-0.25, -0.2) is 0 Å². The van der Waals surface area contributed by atoms with Crippen molar-refractivity contribution in [1.82, 2.24) is 15.1 Å². The lowest BCUT2D eigenvalue weighted by atomic mass is 10.0. The van der Waals surface area contributed by atoms with Crippen LogP contribution < -0.4 is 5.32 Å². The van der Waals surface area contributed by atoms with E-state index in [2.05, 4.69) is 36.1 Å². The third-order valence-corrected chi connectivity index (χ3v) is 4.16. The molecule has 1 N–H and O–H groups in total. The van der Waals surface area contributed by atoms with Gasteiger partial charge in [0, 0.05) is 6.20 Å². The van der Waals surface area contributed by atoms with Gasteiger partial charge in [-0.15, -0.1) is 0 Å². The van der Waals surface area contributed by atoms with Gasteiger partial charge in [0.15, 0.2) is 0 Å². The van der Waals surface area contributed by atoms with Gasteiger partial charge in [0.1, 0.15) is 0 Å². The second-order valence-corrected chi connectivity index (χ2v) is 6.07. The van der Waals surface area contributed by atoms with Gasteiger partial charge in [-0.2, -0.15) is 5.10 Å². The summed E-state index contributed by atoms with van der Waals surface area (Å²) in [5.74, 6) is 0.719. The van der Waals surface area contributed by atoms with E-state index >= 15 is 0 Å². The smallest absolute Gasteiger partial charge is 0.0627 e. The summed E-state index contributed by atoms with van der Waals surface area (Å²) < 4.78 is 2.21. The van der Waals surface area contributed by atoms with Crippen LogP contribution in [0.1, 0.15) is 64.1 Å². The summed E-state index contributed by atoms with van der Waals surface area (Å²) in [6.07, 6.45) is 11.2. The minimum Gasteiger partial charge on any atom is -0.317 e. The predicted molar refractivity (Wildman–Crippen MR) is 80.4 cm³/mol. The number of hydrogen-bond donors (Lipinski definition) is 1. The molecule has 1 unspecified atom stereocenters. The Hall–Kier alpha value is -0.830. The van der Waals surface area contributed by atoms with Crippen molar-refractivity contribution in [3.63, 3.8) is 0 Å². The number of hydrogen-bond acceptors (Lipinski definition) is 2. The van der Waals surface area contributed by atoms with E-state index < -0.39 is 0 Å². The minimum atomic E-state index is 0.676. The van der Waals surface area contributed by atoms with E-state index in [1.165, 1.54) is 44.2 Å². The zero-order valence-electron chi connectivity index (χ0n) is 12.6. The van der Waals surface area contributed by atoms with Crippen LogP contribution in [-0.2, 0) is 6.42 Å². The second kappa shape index (κ2) is 7.68. The molecule has 2 rings (SSSR count). The summed E-state index contributed by atoms with van der Waals surface area (Å²) >= 11 is 0. The summed E-state index contributed by atoms with van der Waals surface area (Å²) in [6.45, 7) is 6.83. The van der Waals surface area contributed by atoms with E-state index in [4.69, 9.17) is 5.10 Å². The van der Waals surface area contributed by atoms with Gasteiger partial charge in [0.25, 0.3) is 0 Å². The first kappa shape index (κ1) is 14.6. The Labute approximate surface area is 117 Å². The van der Waals surface area contributed by atoms with Crippen LogP contribution in [0.5, 0.6) is 0 Å². The van der Waals surface area contributed by atoms with Crippen molar-refractivity contribution >= 4 is 0 Å². The fraction of sp³-hybridized carbons (Fsp3) is 0.812. The molecule has 1 fully saturated rings. The van der Waals surface area contributed by atoms with E-state index in [1.54, 1.807) is 0 Å². The van der Waals surface area contributed by atoms with Crippen LogP contribution in [-0.4, -0.2) is 22.9 Å². The lowest BCUT2D eigenvalue weighted by molar-refractivity contribution is 0.451. The topological polar surface area (TPSA) is 29.9 Å². The van der Waals surface area contributed by atoms with Crippen molar-refractivity contribution in [2.24, 2.45) is 5.92 Å². The normalized spacial score (nSPS) is 18.0. The van der Waals surface area contributed by atoms with Gasteiger partial charge in [-0.05, 0) is 57.2 Å². The molecule has 1 saturated carbocycles. The number of rotatable bonds is 8. The highest BCUT2D eigenvalue weighted by Crippen LogP contribution is 2.28. The molecule has 1 aliphatic rings. The van der Waals surface area contributed by atoms with Gasteiger partial charge >= 0.3 is 0 Å². The molecule has 1 heterocycles. The maximum absolute atomic E-state index is 4.77. The van der Waals surface area contributed by atoms with Crippen LogP contribution >= 0.6 is 0 Å². The van der Waals surface area contributed by atoms with Crippen LogP contribution in [0.3, 0.4) is 0 Å². The molecule has 0 spiro atoms. The second-order valence-electron chi connectivity index (χ2n) is 6.07. The average Bonchev–Trinajstić information content (AvgIpc) is 3.04. The Morgan fingerprint density at radius 2 is 2.16 bits per heavy atom. The van der Waals surface area contributed by atoms with E-state index in [9.17, 15) is 0 Å². The molecule has 0 aromatic carbocycles. The standard InChI is InChI=1S/C16H29N3/c1-3-10-17-11-8-14(2)13-15-9-12-19(18-15)16-6-4-5-7-16/h9,12,14,16-17H,3-8,10-11,13H2,1-2H3. The largest absolute Gasteiger partial charge is 0.317 e. The summed E-state index contributed by atoms with van der Waals surface area (Å²) in [4.78, 5) is 0. The Kier molecular flexibility index (Phi) is 5.90. The van der Waals surface area contributed by atoms with Crippen molar-refractivity contribution in [3.8, 4) is 0 Å². The highest BCUT2D eigenvalue weighted by atomic mass is 15.3. The predicted octanol–water partition coefficient (Wildman–Crippen LogP) is 3.57. The quantitative estimate of drug-likeness (QED) is 0.727. The van der Waals surface area contributed by atoms with E-state index in [1.807, 2.05) is 0 Å². The molecule has 1 aliphatic carbocycles. The van der Waals surface area contributed by atoms with Crippen molar-refractivity contribution in [1.29, 1.82) is 0 Å². The van der Waals surface area contributed by atoms with Crippen LogP contribution in [0.25, 0.3) is 0 Å². The lowest BCUT2D eigenvalue weighted by Crippen LogP contribution is -2.18. The average molecular weight is 263 g/mol. The Morgan fingerprint density at radius 1 is 1.37 bits per heavy atom. The molecule has 3 nitrogen and oxygen atoms in total. The zero-order valence-corrected chi connectivity index (χ0v) is 12.6. The zero-order chi connectivity index (χ0) is 13.5. The SMILES string of the molecule is CCCNCCC(C)Cc1ccn(C2CCCC2)n1. The van der Waals surface area contributed by atoms with Gasteiger partial charge < -0.3 is 5.32 Å².